The second-order valence-corrected chi connectivity index (χ2v) is 13.0. The summed E-state index contributed by atoms with van der Waals surface area (Å²) in [4.78, 5) is 15.7. The van der Waals surface area contributed by atoms with Crippen molar-refractivity contribution in [3.8, 4) is 10.7 Å². The molecule has 1 saturated heterocycles. The second kappa shape index (κ2) is 10.1. The fourth-order valence-electron chi connectivity index (χ4n) is 4.70. The Kier molecular flexibility index (Phi) is 7.19. The van der Waals surface area contributed by atoms with Gasteiger partial charge in [0, 0.05) is 13.1 Å². The fraction of sp³-hybridized carbons (Fsp3) is 0.269. The summed E-state index contributed by atoms with van der Waals surface area (Å²) in [5.74, 6) is -0.0428. The van der Waals surface area contributed by atoms with Crippen LogP contribution in [0.25, 0.3) is 10.7 Å². The Morgan fingerprint density at radius 1 is 0.907 bits per heavy atom. The second-order valence-electron chi connectivity index (χ2n) is 9.79. The van der Waals surface area contributed by atoms with Crippen molar-refractivity contribution in [1.29, 1.82) is 0 Å². The average molecular weight is 652 g/mol. The summed E-state index contributed by atoms with van der Waals surface area (Å²) < 4.78 is 118. The van der Waals surface area contributed by atoms with Gasteiger partial charge in [-0.2, -0.15) is 17.5 Å². The van der Waals surface area contributed by atoms with Crippen LogP contribution in [0.1, 0.15) is 34.6 Å². The van der Waals surface area contributed by atoms with Crippen LogP contribution < -0.4 is 4.90 Å². The highest BCUT2D eigenvalue weighted by Gasteiger charge is 2.65. The number of aromatic nitrogens is 4. The predicted octanol–water partition coefficient (Wildman–Crippen LogP) is 8.11. The van der Waals surface area contributed by atoms with Crippen molar-refractivity contribution in [2.75, 3.05) is 18.0 Å². The summed E-state index contributed by atoms with van der Waals surface area (Å²) in [5, 5.41) is 8.53. The van der Waals surface area contributed by atoms with Crippen molar-refractivity contribution in [3.05, 3.63) is 83.7 Å². The van der Waals surface area contributed by atoms with E-state index in [-0.39, 0.29) is 43.5 Å². The minimum absolute atomic E-state index is 0.00706. The molecule has 3 heterocycles. The van der Waals surface area contributed by atoms with Crippen LogP contribution in [-0.2, 0) is 16.8 Å². The zero-order valence-electron chi connectivity index (χ0n) is 21.8. The number of rotatable bonds is 7. The molecule has 0 spiro atoms. The van der Waals surface area contributed by atoms with Crippen LogP contribution in [0, 0.1) is 0 Å². The number of ether oxygens (including phenoxy) is 1. The molecule has 7 nitrogen and oxygen atoms in total. The van der Waals surface area contributed by atoms with E-state index in [1.807, 2.05) is 0 Å². The highest BCUT2D eigenvalue weighted by molar-refractivity contribution is 8.45. The minimum atomic E-state index is -10.0. The molecule has 2 aromatic heterocycles. The first-order valence-corrected chi connectivity index (χ1v) is 15.2. The molecule has 0 N–H and O–H groups in total. The number of halogens is 8. The molecule has 0 aliphatic carbocycles. The maximum Gasteiger partial charge on any atom is 0.398 e. The number of piperidine rings is 1. The van der Waals surface area contributed by atoms with Gasteiger partial charge in [-0.3, -0.25) is 0 Å². The maximum absolute atomic E-state index is 14.3. The Bertz CT molecular complexity index is 1610. The summed E-state index contributed by atoms with van der Waals surface area (Å²) in [6.45, 7) is -0.521. The van der Waals surface area contributed by atoms with Crippen LogP contribution in [0.2, 0.25) is 0 Å². The molecule has 0 unspecified atom stereocenters. The topological polar surface area (TPSA) is 81.1 Å². The monoisotopic (exact) mass is 651 g/mol. The Balaban J connectivity index is 1.25. The molecule has 43 heavy (non-hydrogen) atoms. The normalized spacial score (nSPS) is 17.2. The van der Waals surface area contributed by atoms with E-state index in [4.69, 9.17) is 4.74 Å². The van der Waals surface area contributed by atoms with Gasteiger partial charge in [0.05, 0.1) is 11.0 Å². The van der Waals surface area contributed by atoms with Crippen molar-refractivity contribution < 1.29 is 42.1 Å². The van der Waals surface area contributed by atoms with Gasteiger partial charge < -0.3 is 9.64 Å². The fourth-order valence-corrected chi connectivity index (χ4v) is 5.98. The Morgan fingerprint density at radius 2 is 1.56 bits per heavy atom. The summed E-state index contributed by atoms with van der Waals surface area (Å²) in [6, 6.07) is 12.4. The Hall–Kier alpha value is -3.86. The lowest BCUT2D eigenvalue weighted by Crippen LogP contribution is -2.51. The lowest BCUT2D eigenvalue weighted by Gasteiger charge is -2.44. The molecule has 17 heteroatoms. The number of alkyl halides is 3. The van der Waals surface area contributed by atoms with Gasteiger partial charge in [0.15, 0.2) is 23.3 Å². The van der Waals surface area contributed by atoms with Crippen molar-refractivity contribution in [2.45, 2.75) is 35.9 Å². The molecule has 0 amide bonds. The van der Waals surface area contributed by atoms with Crippen molar-refractivity contribution in [2.24, 2.45) is 0 Å². The smallest absolute Gasteiger partial charge is 0.398 e. The molecule has 0 bridgehead atoms. The molecule has 1 aliphatic heterocycles. The van der Waals surface area contributed by atoms with E-state index in [0.29, 0.717) is 28.4 Å². The Morgan fingerprint density at radius 3 is 2.12 bits per heavy atom. The number of esters is 1. The molecule has 0 radical (unpaired) electrons. The van der Waals surface area contributed by atoms with Crippen molar-refractivity contribution >= 4 is 33.5 Å². The zero-order valence-corrected chi connectivity index (χ0v) is 23.4. The first kappa shape index (κ1) is 30.6. The van der Waals surface area contributed by atoms with Gasteiger partial charge in [0.1, 0.15) is 10.6 Å². The molecule has 4 aromatic rings. The van der Waals surface area contributed by atoms with Gasteiger partial charge in [-0.15, -0.1) is 10.2 Å². The third kappa shape index (κ3) is 6.56. The number of hydrogen-bond acceptors (Lipinski definition) is 8. The largest absolute Gasteiger partial charge is 0.454 e. The summed E-state index contributed by atoms with van der Waals surface area (Å²) in [7, 11) is -10.0. The van der Waals surface area contributed by atoms with Crippen LogP contribution >= 0.6 is 21.8 Å². The van der Waals surface area contributed by atoms with E-state index in [0.717, 1.165) is 11.5 Å². The molecular weight excluding hydrogens is 630 g/mol. The molecule has 5 rings (SSSR count). The number of hydrogen-bond donors (Lipinski definition) is 0. The lowest BCUT2D eigenvalue weighted by molar-refractivity contribution is -0.196. The molecule has 0 saturated carbocycles. The van der Waals surface area contributed by atoms with Crippen molar-refractivity contribution in [3.63, 3.8) is 0 Å². The van der Waals surface area contributed by atoms with Gasteiger partial charge in [-0.1, -0.05) is 49.8 Å². The van der Waals surface area contributed by atoms with Crippen LogP contribution in [-0.4, -0.2) is 44.8 Å². The minimum Gasteiger partial charge on any atom is -0.454 e. The SMILES string of the molecule is O=C(OCc1nsc(-c2ccc(N3CCC(c4ccc(S(F)(F)(F)(F)F)cc4)(C(F)(F)F)CC3)nn2)n1)c1ccccc1. The number of benzene rings is 2. The van der Waals surface area contributed by atoms with Gasteiger partial charge in [0.2, 0.25) is 0 Å². The first-order valence-electron chi connectivity index (χ1n) is 12.5. The van der Waals surface area contributed by atoms with E-state index < -0.39 is 51.1 Å². The van der Waals surface area contributed by atoms with Gasteiger partial charge in [-0.05, 0) is 66.3 Å². The van der Waals surface area contributed by atoms with E-state index in [2.05, 4.69) is 19.6 Å². The molecular formula is C26H21F8N5O2S2. The third-order valence-electron chi connectivity index (χ3n) is 7.02. The predicted molar refractivity (Wildman–Crippen MR) is 144 cm³/mol. The van der Waals surface area contributed by atoms with Crippen LogP contribution in [0.5, 0.6) is 0 Å². The van der Waals surface area contributed by atoms with Crippen LogP contribution in [0.3, 0.4) is 0 Å². The maximum atomic E-state index is 14.3. The van der Waals surface area contributed by atoms with E-state index in [1.165, 1.54) is 6.07 Å². The highest BCUT2D eigenvalue weighted by Crippen LogP contribution is 3.02. The highest BCUT2D eigenvalue weighted by atomic mass is 32.5. The summed E-state index contributed by atoms with van der Waals surface area (Å²) >= 11 is 0.985. The van der Waals surface area contributed by atoms with Gasteiger partial charge in [0.25, 0.3) is 0 Å². The standard InChI is InChI=1S/C26H21F8N5O2S2/c27-26(28,29)25(18-6-8-19(9-7-18)43(30,31,32,33)34)12-14-39(15-13-25)22-11-10-20(36-37-22)23-35-21(38-42-23)16-41-24(40)17-4-2-1-3-5-17/h1-11H,12-16H2. The molecule has 0 atom stereocenters. The third-order valence-corrected chi connectivity index (χ3v) is 8.95. The Labute approximate surface area is 243 Å². The molecule has 230 valence electrons. The van der Waals surface area contributed by atoms with E-state index in [1.54, 1.807) is 41.3 Å². The number of carbonyl (C=O) groups is 1. The van der Waals surface area contributed by atoms with E-state index in [9.17, 15) is 37.4 Å². The first-order chi connectivity index (χ1) is 19.9. The average Bonchev–Trinajstić information content (AvgIpc) is 3.44. The molecule has 2 aromatic carbocycles. The van der Waals surface area contributed by atoms with Crippen LogP contribution in [0.4, 0.5) is 38.4 Å². The summed E-state index contributed by atoms with van der Waals surface area (Å²) in [5.41, 5.74) is -2.35. The number of nitrogens with zero attached hydrogens (tertiary/aromatic N) is 5. The number of carbonyl (C=O) groups excluding carboxylic acids is 1. The summed E-state index contributed by atoms with van der Waals surface area (Å²) in [6.07, 6.45) is -5.94. The zero-order chi connectivity index (χ0) is 31.2. The van der Waals surface area contributed by atoms with Gasteiger partial charge in [-0.25, -0.2) is 9.78 Å². The van der Waals surface area contributed by atoms with E-state index >= 15 is 0 Å². The molecule has 1 fully saturated rings. The lowest BCUT2D eigenvalue weighted by atomic mass is 9.72. The van der Waals surface area contributed by atoms with Crippen LogP contribution in [0.15, 0.2) is 71.6 Å². The quantitative estimate of drug-likeness (QED) is 0.148. The molecule has 1 aliphatic rings. The number of anilines is 1. The van der Waals surface area contributed by atoms with Crippen molar-refractivity contribution in [1.82, 2.24) is 19.6 Å². The van der Waals surface area contributed by atoms with Gasteiger partial charge >= 0.3 is 22.4 Å².